The van der Waals surface area contributed by atoms with Crippen LogP contribution in [0, 0.1) is 30.1 Å². The van der Waals surface area contributed by atoms with E-state index in [2.05, 4.69) is 65.5 Å². The topological polar surface area (TPSA) is 113 Å². The molecule has 0 bridgehead atoms. The molecular formula is C37H44N6O3. The lowest BCUT2D eigenvalue weighted by atomic mass is 9.89. The first-order chi connectivity index (χ1) is 22.0. The van der Waals surface area contributed by atoms with Gasteiger partial charge in [0.05, 0.1) is 17.3 Å². The minimum absolute atomic E-state index is 0.00218. The summed E-state index contributed by atoms with van der Waals surface area (Å²) in [4.78, 5) is 28.3. The number of pyridine rings is 1. The number of benzene rings is 2. The van der Waals surface area contributed by atoms with Gasteiger partial charge in [-0.2, -0.15) is 5.26 Å². The highest BCUT2D eigenvalue weighted by Crippen LogP contribution is 2.38. The van der Waals surface area contributed by atoms with Gasteiger partial charge in [-0.3, -0.25) is 0 Å². The largest absolute Gasteiger partial charge is 0.444 e. The Kier molecular flexibility index (Phi) is 10.1. The lowest BCUT2D eigenvalue weighted by Gasteiger charge is -2.34. The molecule has 9 heteroatoms. The highest BCUT2D eigenvalue weighted by molar-refractivity contribution is 5.92. The zero-order valence-corrected chi connectivity index (χ0v) is 27.7. The van der Waals surface area contributed by atoms with Crippen LogP contribution in [0.1, 0.15) is 65.0 Å². The van der Waals surface area contributed by atoms with E-state index in [1.165, 1.54) is 5.56 Å². The van der Waals surface area contributed by atoms with Crippen molar-refractivity contribution in [3.05, 3.63) is 72.1 Å². The van der Waals surface area contributed by atoms with Crippen LogP contribution in [-0.4, -0.2) is 50.7 Å². The van der Waals surface area contributed by atoms with E-state index < -0.39 is 5.60 Å². The van der Waals surface area contributed by atoms with Gasteiger partial charge in [-0.05, 0) is 94.0 Å². The van der Waals surface area contributed by atoms with Crippen LogP contribution in [0.25, 0.3) is 22.0 Å². The van der Waals surface area contributed by atoms with Crippen LogP contribution in [0.4, 0.5) is 10.7 Å². The molecule has 5 rings (SSSR count). The molecule has 0 aliphatic carbocycles. The molecule has 0 saturated carbocycles. The van der Waals surface area contributed by atoms with E-state index >= 15 is 0 Å². The maximum Gasteiger partial charge on any atom is 0.410 e. The Morgan fingerprint density at radius 1 is 1.09 bits per heavy atom. The fraction of sp³-hybridized carbons (Fsp3) is 0.432. The van der Waals surface area contributed by atoms with Crippen LogP contribution in [0.2, 0.25) is 0 Å². The summed E-state index contributed by atoms with van der Waals surface area (Å²) in [5.41, 5.74) is 3.07. The van der Waals surface area contributed by atoms with Crippen molar-refractivity contribution < 1.29 is 14.3 Å². The van der Waals surface area contributed by atoms with Gasteiger partial charge in [-0.25, -0.2) is 19.7 Å². The van der Waals surface area contributed by atoms with Crippen LogP contribution >= 0.6 is 0 Å². The van der Waals surface area contributed by atoms with Gasteiger partial charge >= 0.3 is 6.09 Å². The first-order valence-electron chi connectivity index (χ1n) is 16.1. The average Bonchev–Trinajstić information content (AvgIpc) is 3.02. The van der Waals surface area contributed by atoms with E-state index in [0.717, 1.165) is 53.3 Å². The van der Waals surface area contributed by atoms with Gasteiger partial charge in [0.15, 0.2) is 0 Å². The zero-order valence-electron chi connectivity index (χ0n) is 27.7. The number of likely N-dealkylation sites (tertiary alicyclic amines) is 1. The van der Waals surface area contributed by atoms with Crippen molar-refractivity contribution in [2.24, 2.45) is 11.8 Å². The second-order valence-corrected chi connectivity index (χ2v) is 13.4. The molecule has 0 spiro atoms. The lowest BCUT2D eigenvalue weighted by Crippen LogP contribution is -2.47. The number of carbonyl (C=O) groups is 1. The molecule has 9 nitrogen and oxygen atoms in total. The van der Waals surface area contributed by atoms with E-state index in [1.807, 2.05) is 45.9 Å². The molecule has 1 aliphatic rings. The van der Waals surface area contributed by atoms with Crippen molar-refractivity contribution >= 4 is 22.8 Å². The van der Waals surface area contributed by atoms with Crippen LogP contribution in [0.15, 0.2) is 60.9 Å². The van der Waals surface area contributed by atoms with Gasteiger partial charge < -0.3 is 19.7 Å². The van der Waals surface area contributed by atoms with Crippen molar-refractivity contribution in [2.75, 3.05) is 18.4 Å². The number of amides is 1. The normalized spacial score (nSPS) is 15.8. The molecule has 46 heavy (non-hydrogen) atoms. The molecule has 1 unspecified atom stereocenters. The van der Waals surface area contributed by atoms with Gasteiger partial charge in [0, 0.05) is 42.8 Å². The van der Waals surface area contributed by atoms with Gasteiger partial charge in [0.25, 0.3) is 0 Å². The summed E-state index contributed by atoms with van der Waals surface area (Å²) in [5, 5.41) is 15.1. The Morgan fingerprint density at radius 3 is 2.67 bits per heavy atom. The monoisotopic (exact) mass is 620 g/mol. The van der Waals surface area contributed by atoms with Gasteiger partial charge in [-0.1, -0.05) is 44.2 Å². The standard InChI is InChI=1S/C37H44N6O3/c1-24(2)27(22-38)16-15-26-10-7-12-30-29(26)17-14-25(3)33(30)45-34-31(13-8-19-39-34)32-18-20-40-35(42-32)41-28-11-9-21-43(23-28)36(44)46-37(4,5)6/h7-8,10,12-14,17-20,24,27-28H,9,11,15-16,21,23H2,1-6H3,(H,40,41,42)/t27?,28-/m0/s1. The summed E-state index contributed by atoms with van der Waals surface area (Å²) in [6.07, 6.45) is 6.52. The molecule has 1 fully saturated rings. The number of hydrogen-bond acceptors (Lipinski definition) is 8. The van der Waals surface area contributed by atoms with Crippen LogP contribution in [-0.2, 0) is 11.2 Å². The molecule has 1 amide bonds. The van der Waals surface area contributed by atoms with Crippen molar-refractivity contribution in [3.8, 4) is 29.0 Å². The summed E-state index contributed by atoms with van der Waals surface area (Å²) < 4.78 is 12.2. The summed E-state index contributed by atoms with van der Waals surface area (Å²) in [6, 6.07) is 18.6. The van der Waals surface area contributed by atoms with Crippen LogP contribution in [0.3, 0.4) is 0 Å². The third-order valence-electron chi connectivity index (χ3n) is 8.30. The number of fused-ring (bicyclic) bond motifs is 1. The fourth-order valence-corrected chi connectivity index (χ4v) is 5.83. The molecule has 1 aliphatic heterocycles. The molecule has 240 valence electrons. The van der Waals surface area contributed by atoms with Gasteiger partial charge in [0.1, 0.15) is 11.4 Å². The number of carbonyl (C=O) groups excluding carboxylic acids is 1. The summed E-state index contributed by atoms with van der Waals surface area (Å²) in [7, 11) is 0. The van der Waals surface area contributed by atoms with E-state index in [0.29, 0.717) is 36.5 Å². The SMILES string of the molecule is Cc1ccc2c(CCC(C#N)C(C)C)cccc2c1Oc1ncccc1-c1ccnc(N[C@H]2CCCN(C(=O)OC(C)(C)C)C2)n1. The number of aryl methyl sites for hydroxylation is 2. The zero-order chi connectivity index (χ0) is 32.8. The highest BCUT2D eigenvalue weighted by Gasteiger charge is 2.28. The minimum atomic E-state index is -0.541. The Bertz CT molecular complexity index is 1720. The minimum Gasteiger partial charge on any atom is -0.444 e. The predicted octanol–water partition coefficient (Wildman–Crippen LogP) is 8.33. The van der Waals surface area contributed by atoms with Crippen LogP contribution in [0.5, 0.6) is 11.6 Å². The Morgan fingerprint density at radius 2 is 1.91 bits per heavy atom. The fourth-order valence-electron chi connectivity index (χ4n) is 5.83. The number of aromatic nitrogens is 3. The smallest absolute Gasteiger partial charge is 0.410 e. The van der Waals surface area contributed by atoms with Crippen molar-refractivity contribution in [3.63, 3.8) is 0 Å². The summed E-state index contributed by atoms with van der Waals surface area (Å²) in [6.45, 7) is 13.0. The number of ether oxygens (including phenoxy) is 2. The number of rotatable bonds is 9. The third kappa shape index (κ3) is 7.92. The maximum atomic E-state index is 12.7. The second-order valence-electron chi connectivity index (χ2n) is 13.4. The van der Waals surface area contributed by atoms with Gasteiger partial charge in [-0.15, -0.1) is 0 Å². The molecule has 2 aromatic heterocycles. The van der Waals surface area contributed by atoms with Crippen molar-refractivity contribution in [1.29, 1.82) is 5.26 Å². The Hall–Kier alpha value is -4.71. The quantitative estimate of drug-likeness (QED) is 0.199. The number of nitrogens with one attached hydrogen (secondary N) is 1. The van der Waals surface area contributed by atoms with Crippen LogP contribution < -0.4 is 10.1 Å². The highest BCUT2D eigenvalue weighted by atomic mass is 16.6. The van der Waals surface area contributed by atoms with E-state index in [4.69, 9.17) is 14.5 Å². The van der Waals surface area contributed by atoms with Gasteiger partial charge in [0.2, 0.25) is 11.8 Å². The molecule has 3 heterocycles. The number of nitriles is 1. The van der Waals surface area contributed by atoms with E-state index in [-0.39, 0.29) is 18.1 Å². The predicted molar refractivity (Wildman–Crippen MR) is 181 cm³/mol. The molecular weight excluding hydrogens is 576 g/mol. The molecule has 2 atom stereocenters. The second kappa shape index (κ2) is 14.2. The summed E-state index contributed by atoms with van der Waals surface area (Å²) in [5.74, 6) is 2.01. The first-order valence-corrected chi connectivity index (χ1v) is 16.1. The molecule has 1 N–H and O–H groups in total. The third-order valence-corrected chi connectivity index (χ3v) is 8.30. The maximum absolute atomic E-state index is 12.7. The van der Waals surface area contributed by atoms with E-state index in [9.17, 15) is 10.1 Å². The number of nitrogens with zero attached hydrogens (tertiary/aromatic N) is 5. The van der Waals surface area contributed by atoms with E-state index in [1.54, 1.807) is 17.3 Å². The Labute approximate surface area is 272 Å². The molecule has 0 radical (unpaired) electrons. The number of hydrogen-bond donors (Lipinski definition) is 1. The van der Waals surface area contributed by atoms with Crippen molar-refractivity contribution in [1.82, 2.24) is 19.9 Å². The number of piperidine rings is 1. The Balaban J connectivity index is 1.37. The average molecular weight is 621 g/mol. The number of anilines is 1. The summed E-state index contributed by atoms with van der Waals surface area (Å²) >= 11 is 0. The lowest BCUT2D eigenvalue weighted by molar-refractivity contribution is 0.0206. The first kappa shape index (κ1) is 32.7. The van der Waals surface area contributed by atoms with Crippen molar-refractivity contribution in [2.45, 2.75) is 78.9 Å². The molecule has 1 saturated heterocycles. The molecule has 4 aromatic rings. The molecule has 2 aromatic carbocycles.